The largest absolute Gasteiger partial charge is 0.306 e. The van der Waals surface area contributed by atoms with E-state index in [1.54, 1.807) is 23.1 Å². The number of benzene rings is 3. The van der Waals surface area contributed by atoms with Gasteiger partial charge in [-0.15, -0.1) is 0 Å². The Labute approximate surface area is 193 Å². The summed E-state index contributed by atoms with van der Waals surface area (Å²) in [6, 6.07) is 20.5. The van der Waals surface area contributed by atoms with E-state index in [1.165, 1.54) is 6.92 Å². The summed E-state index contributed by atoms with van der Waals surface area (Å²) < 4.78 is 0.905. The van der Waals surface area contributed by atoms with Gasteiger partial charge in [0.05, 0.1) is 6.54 Å². The number of fused-ring (bicyclic) bond motifs is 1. The second-order valence-electron chi connectivity index (χ2n) is 7.40. The Kier molecular flexibility index (Phi) is 5.75. The van der Waals surface area contributed by atoms with Gasteiger partial charge in [0.25, 0.3) is 0 Å². The van der Waals surface area contributed by atoms with Crippen molar-refractivity contribution in [3.8, 4) is 0 Å². The second kappa shape index (κ2) is 8.18. The van der Waals surface area contributed by atoms with E-state index in [9.17, 15) is 9.59 Å². The first-order chi connectivity index (χ1) is 14.3. The van der Waals surface area contributed by atoms with Crippen molar-refractivity contribution >= 4 is 56.5 Å². The summed E-state index contributed by atoms with van der Waals surface area (Å²) in [4.78, 5) is 28.0. The zero-order chi connectivity index (χ0) is 21.5. The summed E-state index contributed by atoms with van der Waals surface area (Å²) in [5, 5.41) is 1.00. The monoisotopic (exact) mass is 501 g/mol. The number of nitrogens with zero attached hydrogens (tertiary/aromatic N) is 1. The smallest absolute Gasteiger partial charge is 0.242 e. The van der Waals surface area contributed by atoms with Crippen molar-refractivity contribution < 1.29 is 9.59 Å². The van der Waals surface area contributed by atoms with Crippen LogP contribution in [0.5, 0.6) is 0 Å². The number of halogens is 3. The molecule has 1 amide bonds. The van der Waals surface area contributed by atoms with E-state index in [0.717, 1.165) is 21.3 Å². The summed E-state index contributed by atoms with van der Waals surface area (Å²) in [5.74, 6) is -0.212. The Morgan fingerprint density at radius 1 is 0.967 bits per heavy atom. The van der Waals surface area contributed by atoms with Crippen LogP contribution in [-0.2, 0) is 21.5 Å². The van der Waals surface area contributed by atoms with Crippen molar-refractivity contribution in [3.05, 3.63) is 97.9 Å². The molecule has 0 spiro atoms. The second-order valence-corrected chi connectivity index (χ2v) is 9.13. The lowest BCUT2D eigenvalue weighted by atomic mass is 9.72. The zero-order valence-corrected chi connectivity index (χ0v) is 19.3. The minimum absolute atomic E-state index is 0.0568. The molecular weight excluding hydrogens is 485 g/mol. The molecule has 0 N–H and O–H groups in total. The fourth-order valence-electron chi connectivity index (χ4n) is 4.18. The molecule has 1 unspecified atom stereocenters. The van der Waals surface area contributed by atoms with E-state index in [0.29, 0.717) is 15.6 Å². The highest BCUT2D eigenvalue weighted by molar-refractivity contribution is 9.10. The number of carbonyl (C=O) groups is 2. The molecule has 0 bridgehead atoms. The summed E-state index contributed by atoms with van der Waals surface area (Å²) in [6.07, 6.45) is 0.0806. The van der Waals surface area contributed by atoms with Crippen LogP contribution in [0.1, 0.15) is 30.0 Å². The molecule has 1 heterocycles. The maximum Gasteiger partial charge on any atom is 0.242 e. The molecule has 0 saturated carbocycles. The number of Topliss-reactive ketones (excluding diaryl/α,β-unsaturated/α-hetero) is 1. The number of rotatable bonds is 5. The van der Waals surface area contributed by atoms with Crippen molar-refractivity contribution in [1.29, 1.82) is 0 Å². The van der Waals surface area contributed by atoms with Crippen molar-refractivity contribution in [2.75, 3.05) is 4.90 Å². The number of hydrogen-bond acceptors (Lipinski definition) is 2. The van der Waals surface area contributed by atoms with Crippen molar-refractivity contribution in [3.63, 3.8) is 0 Å². The van der Waals surface area contributed by atoms with Crippen LogP contribution in [0.15, 0.2) is 71.2 Å². The molecule has 1 atom stereocenters. The Bertz CT molecular complexity index is 1130. The number of hydrogen-bond donors (Lipinski definition) is 0. The van der Waals surface area contributed by atoms with Gasteiger partial charge in [-0.25, -0.2) is 0 Å². The molecule has 0 saturated heterocycles. The van der Waals surface area contributed by atoms with E-state index < -0.39 is 5.41 Å². The molecule has 0 aromatic heterocycles. The van der Waals surface area contributed by atoms with Gasteiger partial charge in [0, 0.05) is 32.2 Å². The standard InChI is InChI=1S/C24H18BrCl2NO2/c1-15(29)13-24(16-9-11-17(25)12-10-16)19-5-2-3-8-22(19)28(23(24)30)14-18-20(26)6-4-7-21(18)27/h2-12H,13-14H2,1H3. The van der Waals surface area contributed by atoms with Gasteiger partial charge >= 0.3 is 0 Å². The van der Waals surface area contributed by atoms with Gasteiger partial charge in [-0.2, -0.15) is 0 Å². The SMILES string of the molecule is CC(=O)CC1(c2ccc(Br)cc2)C(=O)N(Cc2c(Cl)cccc2Cl)c2ccccc21. The maximum atomic E-state index is 14.0. The van der Waals surface area contributed by atoms with Gasteiger partial charge in [-0.3, -0.25) is 9.59 Å². The molecule has 1 aliphatic rings. The van der Waals surface area contributed by atoms with Gasteiger partial charge in [0.1, 0.15) is 11.2 Å². The number of ketones is 1. The van der Waals surface area contributed by atoms with E-state index in [2.05, 4.69) is 15.9 Å². The van der Waals surface area contributed by atoms with Crippen LogP contribution in [0.2, 0.25) is 10.0 Å². The third-order valence-corrected chi connectivity index (χ3v) is 6.73. The predicted molar refractivity (Wildman–Crippen MR) is 124 cm³/mol. The first-order valence-corrected chi connectivity index (χ1v) is 11.0. The fraction of sp³-hybridized carbons (Fsp3) is 0.167. The highest BCUT2D eigenvalue weighted by atomic mass is 79.9. The lowest BCUT2D eigenvalue weighted by Gasteiger charge is -2.29. The predicted octanol–water partition coefficient (Wildman–Crippen LogP) is 6.57. The van der Waals surface area contributed by atoms with Gasteiger partial charge in [-0.1, -0.05) is 75.5 Å². The van der Waals surface area contributed by atoms with Gasteiger partial charge < -0.3 is 4.90 Å². The Morgan fingerprint density at radius 3 is 2.23 bits per heavy atom. The molecule has 152 valence electrons. The van der Waals surface area contributed by atoms with Crippen LogP contribution < -0.4 is 4.90 Å². The minimum Gasteiger partial charge on any atom is -0.306 e. The van der Waals surface area contributed by atoms with E-state index in [-0.39, 0.29) is 24.7 Å². The molecule has 0 aliphatic carbocycles. The van der Waals surface area contributed by atoms with Gasteiger partial charge in [-0.05, 0) is 48.4 Å². The van der Waals surface area contributed by atoms with Crippen LogP contribution in [0.3, 0.4) is 0 Å². The Hall–Kier alpha value is -2.14. The molecule has 0 radical (unpaired) electrons. The summed E-state index contributed by atoms with van der Waals surface area (Å²) >= 11 is 16.2. The highest BCUT2D eigenvalue weighted by Crippen LogP contribution is 2.49. The third kappa shape index (κ3) is 3.47. The van der Waals surface area contributed by atoms with Crippen molar-refractivity contribution in [2.45, 2.75) is 25.3 Å². The van der Waals surface area contributed by atoms with Crippen molar-refractivity contribution in [1.82, 2.24) is 0 Å². The Morgan fingerprint density at radius 2 is 1.60 bits per heavy atom. The van der Waals surface area contributed by atoms with Crippen LogP contribution >= 0.6 is 39.1 Å². The van der Waals surface area contributed by atoms with Crippen LogP contribution in [-0.4, -0.2) is 11.7 Å². The Balaban J connectivity index is 1.91. The van der Waals surface area contributed by atoms with Gasteiger partial charge in [0.2, 0.25) is 5.91 Å². The molecule has 0 fully saturated rings. The molecule has 4 rings (SSSR count). The van der Waals surface area contributed by atoms with E-state index in [4.69, 9.17) is 23.2 Å². The minimum atomic E-state index is -1.09. The van der Waals surface area contributed by atoms with Crippen LogP contribution in [0.4, 0.5) is 5.69 Å². The molecule has 3 aromatic rings. The van der Waals surface area contributed by atoms with Crippen LogP contribution in [0, 0.1) is 0 Å². The maximum absolute atomic E-state index is 14.0. The number of anilines is 1. The number of carbonyl (C=O) groups excluding carboxylic acids is 2. The first kappa shape index (κ1) is 21.1. The average Bonchev–Trinajstić information content (AvgIpc) is 2.94. The molecule has 3 aromatic carbocycles. The highest BCUT2D eigenvalue weighted by Gasteiger charge is 2.52. The lowest BCUT2D eigenvalue weighted by molar-refractivity contribution is -0.126. The molecular formula is C24H18BrCl2NO2. The third-order valence-electron chi connectivity index (χ3n) is 5.49. The summed E-state index contributed by atoms with van der Waals surface area (Å²) in [5.41, 5.74) is 1.96. The number of para-hydroxylation sites is 1. The molecule has 30 heavy (non-hydrogen) atoms. The summed E-state index contributed by atoms with van der Waals surface area (Å²) in [7, 11) is 0. The topological polar surface area (TPSA) is 37.4 Å². The fourth-order valence-corrected chi connectivity index (χ4v) is 4.96. The normalized spacial score (nSPS) is 17.9. The van der Waals surface area contributed by atoms with Crippen molar-refractivity contribution in [2.24, 2.45) is 0 Å². The van der Waals surface area contributed by atoms with E-state index >= 15 is 0 Å². The lowest BCUT2D eigenvalue weighted by Crippen LogP contribution is -2.42. The molecule has 3 nitrogen and oxygen atoms in total. The van der Waals surface area contributed by atoms with Gasteiger partial charge in [0.15, 0.2) is 0 Å². The number of amides is 1. The average molecular weight is 503 g/mol. The molecule has 1 aliphatic heterocycles. The zero-order valence-electron chi connectivity index (χ0n) is 16.2. The van der Waals surface area contributed by atoms with E-state index in [1.807, 2.05) is 48.5 Å². The summed E-state index contributed by atoms with van der Waals surface area (Å²) in [6.45, 7) is 1.74. The first-order valence-electron chi connectivity index (χ1n) is 9.44. The molecule has 6 heteroatoms. The quantitative estimate of drug-likeness (QED) is 0.395. The van der Waals surface area contributed by atoms with Crippen LogP contribution in [0.25, 0.3) is 0 Å².